The quantitative estimate of drug-likeness (QED) is 0.848. The number of benzene rings is 1. The Balaban J connectivity index is 0.00000196. The van der Waals surface area contributed by atoms with Crippen LogP contribution in [0.1, 0.15) is 34.5 Å². The van der Waals surface area contributed by atoms with Crippen molar-refractivity contribution in [2.75, 3.05) is 26.7 Å². The summed E-state index contributed by atoms with van der Waals surface area (Å²) in [7, 11) is 2.00. The minimum absolute atomic E-state index is 0. The average Bonchev–Trinajstić information content (AvgIpc) is 3.11. The van der Waals surface area contributed by atoms with E-state index < -0.39 is 0 Å². The monoisotopic (exact) mass is 392 g/mol. The third-order valence-corrected chi connectivity index (χ3v) is 6.44. The Morgan fingerprint density at radius 3 is 2.85 bits per heavy atom. The number of fused-ring (bicyclic) bond motifs is 3. The van der Waals surface area contributed by atoms with Gasteiger partial charge in [-0.2, -0.15) is 0 Å². The summed E-state index contributed by atoms with van der Waals surface area (Å²) in [6.45, 7) is 3.38. The Kier molecular flexibility index (Phi) is 6.22. The summed E-state index contributed by atoms with van der Waals surface area (Å²) in [4.78, 5) is 17.0. The van der Waals surface area contributed by atoms with Crippen LogP contribution in [0.2, 0.25) is 0 Å². The van der Waals surface area contributed by atoms with Crippen molar-refractivity contribution >= 4 is 29.7 Å². The van der Waals surface area contributed by atoms with Crippen molar-refractivity contribution in [2.24, 2.45) is 5.92 Å². The maximum Gasteiger partial charge on any atom is 0.263 e. The molecule has 1 fully saturated rings. The topological polar surface area (TPSA) is 41.6 Å². The third kappa shape index (κ3) is 3.75. The molecule has 0 atom stereocenters. The predicted octanol–water partition coefficient (Wildman–Crippen LogP) is 4.19. The molecule has 3 heterocycles. The van der Waals surface area contributed by atoms with Crippen molar-refractivity contribution in [3.8, 4) is 16.2 Å². The average molecular weight is 393 g/mol. The molecule has 1 amide bonds. The van der Waals surface area contributed by atoms with Gasteiger partial charge < -0.3 is 15.0 Å². The van der Waals surface area contributed by atoms with Gasteiger partial charge in [-0.1, -0.05) is 12.1 Å². The van der Waals surface area contributed by atoms with Crippen LogP contribution < -0.4 is 10.1 Å². The highest BCUT2D eigenvalue weighted by atomic mass is 35.5. The molecule has 140 valence electrons. The molecule has 6 heteroatoms. The molecule has 2 aromatic rings. The van der Waals surface area contributed by atoms with E-state index in [0.717, 1.165) is 60.1 Å². The molecule has 0 saturated carbocycles. The number of likely N-dealkylation sites (tertiary alicyclic amines) is 1. The zero-order chi connectivity index (χ0) is 17.2. The number of nitrogens with zero attached hydrogens (tertiary/aromatic N) is 1. The summed E-state index contributed by atoms with van der Waals surface area (Å²) >= 11 is 1.61. The summed E-state index contributed by atoms with van der Waals surface area (Å²) in [5.41, 5.74) is 2.24. The number of amides is 1. The summed E-state index contributed by atoms with van der Waals surface area (Å²) in [6.07, 6.45) is 3.44. The number of para-hydroxylation sites is 1. The molecule has 1 aromatic carbocycles. The molecule has 4 rings (SSSR count). The fraction of sp³-hybridized carbons (Fsp3) is 0.450. The molecule has 26 heavy (non-hydrogen) atoms. The van der Waals surface area contributed by atoms with Crippen LogP contribution in [0, 0.1) is 5.92 Å². The number of piperidine rings is 1. The van der Waals surface area contributed by atoms with Gasteiger partial charge >= 0.3 is 0 Å². The second kappa shape index (κ2) is 8.42. The van der Waals surface area contributed by atoms with Crippen molar-refractivity contribution in [3.63, 3.8) is 0 Å². The largest absolute Gasteiger partial charge is 0.488 e. The lowest BCUT2D eigenvalue weighted by atomic mass is 9.93. The zero-order valence-electron chi connectivity index (χ0n) is 15.0. The summed E-state index contributed by atoms with van der Waals surface area (Å²) < 4.78 is 5.82. The molecule has 1 N–H and O–H groups in total. The van der Waals surface area contributed by atoms with Gasteiger partial charge in [0.25, 0.3) is 5.91 Å². The van der Waals surface area contributed by atoms with Crippen molar-refractivity contribution in [1.82, 2.24) is 10.2 Å². The summed E-state index contributed by atoms with van der Waals surface area (Å²) in [5, 5.41) is 3.22. The lowest BCUT2D eigenvalue weighted by Crippen LogP contribution is -2.38. The van der Waals surface area contributed by atoms with Gasteiger partial charge in [0.15, 0.2) is 0 Å². The van der Waals surface area contributed by atoms with Crippen LogP contribution in [0.3, 0.4) is 0 Å². The highest BCUT2D eigenvalue weighted by Gasteiger charge is 2.27. The molecule has 1 aromatic heterocycles. The Morgan fingerprint density at radius 2 is 2.08 bits per heavy atom. The van der Waals surface area contributed by atoms with Gasteiger partial charge in [-0.05, 0) is 57.0 Å². The first-order chi connectivity index (χ1) is 12.3. The van der Waals surface area contributed by atoms with Crippen molar-refractivity contribution in [2.45, 2.75) is 25.9 Å². The fourth-order valence-electron chi connectivity index (χ4n) is 3.73. The highest BCUT2D eigenvalue weighted by molar-refractivity contribution is 7.17. The molecule has 0 radical (unpaired) electrons. The van der Waals surface area contributed by atoms with Gasteiger partial charge in [0.2, 0.25) is 0 Å². The first kappa shape index (κ1) is 19.2. The molecule has 4 nitrogen and oxygen atoms in total. The van der Waals surface area contributed by atoms with Gasteiger partial charge in [-0.25, -0.2) is 0 Å². The van der Waals surface area contributed by atoms with E-state index in [4.69, 9.17) is 4.74 Å². The molecule has 2 aliphatic heterocycles. The lowest BCUT2D eigenvalue weighted by molar-refractivity contribution is 0.0692. The number of hydrogen-bond acceptors (Lipinski definition) is 4. The van der Waals surface area contributed by atoms with Crippen LogP contribution in [-0.2, 0) is 6.61 Å². The molecular formula is C20H25ClN2O2S. The molecule has 0 aliphatic carbocycles. The van der Waals surface area contributed by atoms with Crippen LogP contribution >= 0.6 is 23.7 Å². The van der Waals surface area contributed by atoms with E-state index in [0.29, 0.717) is 6.61 Å². The van der Waals surface area contributed by atoms with Crippen molar-refractivity contribution in [1.29, 1.82) is 0 Å². The number of halogens is 1. The molecule has 1 saturated heterocycles. The van der Waals surface area contributed by atoms with E-state index in [-0.39, 0.29) is 18.3 Å². The normalized spacial score (nSPS) is 16.3. The van der Waals surface area contributed by atoms with E-state index in [9.17, 15) is 4.79 Å². The predicted molar refractivity (Wildman–Crippen MR) is 109 cm³/mol. The first-order valence-corrected chi connectivity index (χ1v) is 9.86. The maximum absolute atomic E-state index is 12.9. The Hall–Kier alpha value is -1.56. The Morgan fingerprint density at radius 1 is 1.31 bits per heavy atom. The van der Waals surface area contributed by atoms with Crippen LogP contribution in [0.15, 0.2) is 30.3 Å². The van der Waals surface area contributed by atoms with Crippen molar-refractivity contribution < 1.29 is 9.53 Å². The van der Waals surface area contributed by atoms with Crippen LogP contribution in [0.4, 0.5) is 0 Å². The Bertz CT molecular complexity index is 769. The first-order valence-electron chi connectivity index (χ1n) is 9.05. The SMILES string of the molecule is CNCCC1CCN(C(=O)c2cc3c(s2)-c2ccccc2OC3)CC1.Cl. The molecule has 2 aliphatic rings. The highest BCUT2D eigenvalue weighted by Crippen LogP contribution is 2.42. The summed E-state index contributed by atoms with van der Waals surface area (Å²) in [5.74, 6) is 1.85. The second-order valence-electron chi connectivity index (χ2n) is 6.88. The van der Waals surface area contributed by atoms with E-state index >= 15 is 0 Å². The molecule has 0 unspecified atom stereocenters. The zero-order valence-corrected chi connectivity index (χ0v) is 16.6. The van der Waals surface area contributed by atoms with Crippen LogP contribution in [-0.4, -0.2) is 37.5 Å². The molecular weight excluding hydrogens is 368 g/mol. The number of nitrogens with one attached hydrogen (secondary N) is 1. The second-order valence-corrected chi connectivity index (χ2v) is 7.93. The van der Waals surface area contributed by atoms with Crippen LogP contribution in [0.25, 0.3) is 10.4 Å². The van der Waals surface area contributed by atoms with E-state index in [1.54, 1.807) is 11.3 Å². The fourth-order valence-corrected chi connectivity index (χ4v) is 4.90. The van der Waals surface area contributed by atoms with Gasteiger partial charge in [0, 0.05) is 29.1 Å². The number of carbonyl (C=O) groups is 1. The van der Waals surface area contributed by atoms with E-state index in [2.05, 4.69) is 11.4 Å². The standard InChI is InChI=1S/C20H24N2O2S.ClH/c1-21-9-6-14-7-10-22(11-8-14)20(23)18-12-15-13-24-17-5-3-2-4-16(17)19(15)25-18;/h2-5,12,14,21H,6-11,13H2,1H3;1H. The van der Waals surface area contributed by atoms with Gasteiger partial charge in [-0.15, -0.1) is 23.7 Å². The van der Waals surface area contributed by atoms with E-state index in [1.165, 1.54) is 11.3 Å². The maximum atomic E-state index is 12.9. The van der Waals surface area contributed by atoms with Crippen LogP contribution in [0.5, 0.6) is 5.75 Å². The molecule has 0 bridgehead atoms. The Labute approximate surface area is 165 Å². The lowest BCUT2D eigenvalue weighted by Gasteiger charge is -2.31. The van der Waals surface area contributed by atoms with E-state index in [1.807, 2.05) is 36.2 Å². The van der Waals surface area contributed by atoms with Gasteiger partial charge in [-0.3, -0.25) is 4.79 Å². The number of thiophene rings is 1. The number of carbonyl (C=O) groups excluding carboxylic acids is 1. The number of hydrogen-bond donors (Lipinski definition) is 1. The number of ether oxygens (including phenoxy) is 1. The van der Waals surface area contributed by atoms with Crippen molar-refractivity contribution in [3.05, 3.63) is 40.8 Å². The number of rotatable bonds is 4. The van der Waals surface area contributed by atoms with Gasteiger partial charge in [0.05, 0.1) is 4.88 Å². The summed E-state index contributed by atoms with van der Waals surface area (Å²) in [6, 6.07) is 10.1. The van der Waals surface area contributed by atoms with Gasteiger partial charge in [0.1, 0.15) is 12.4 Å². The smallest absolute Gasteiger partial charge is 0.263 e. The molecule has 0 spiro atoms. The minimum atomic E-state index is 0. The third-order valence-electron chi connectivity index (χ3n) is 5.24. The minimum Gasteiger partial charge on any atom is -0.488 e.